The summed E-state index contributed by atoms with van der Waals surface area (Å²) in [5.41, 5.74) is 2.63. The second kappa shape index (κ2) is 7.86. The zero-order valence-corrected chi connectivity index (χ0v) is 14.4. The summed E-state index contributed by atoms with van der Waals surface area (Å²) in [5, 5.41) is 0. The van der Waals surface area contributed by atoms with E-state index in [1.54, 1.807) is 4.68 Å². The van der Waals surface area contributed by atoms with E-state index in [0.717, 1.165) is 16.9 Å². The Kier molecular flexibility index (Phi) is 6.12. The van der Waals surface area contributed by atoms with Gasteiger partial charge in [0.05, 0.1) is 11.3 Å². The largest absolute Gasteiger partial charge is 0.296 e. The Morgan fingerprint density at radius 3 is 2.23 bits per heavy atom. The van der Waals surface area contributed by atoms with Gasteiger partial charge in [-0.2, -0.15) is 0 Å². The highest BCUT2D eigenvalue weighted by Crippen LogP contribution is 2.12. The number of nitrogens with zero attached hydrogens (tertiary/aromatic N) is 3. The normalized spacial score (nSPS) is 11.3. The molecule has 1 aromatic heterocycles. The summed E-state index contributed by atoms with van der Waals surface area (Å²) in [6.07, 6.45) is 0. The van der Waals surface area contributed by atoms with Crippen molar-refractivity contribution in [3.8, 4) is 5.69 Å². The second-order valence-corrected chi connectivity index (χ2v) is 5.95. The summed E-state index contributed by atoms with van der Waals surface area (Å²) in [6.45, 7) is 3.97. The number of alkyl halides is 2. The third kappa shape index (κ3) is 3.57. The quantitative estimate of drug-likeness (QED) is 0.725. The predicted octanol–water partition coefficient (Wildman–Crippen LogP) is 2.76. The van der Waals surface area contributed by atoms with Crippen molar-refractivity contribution in [1.29, 1.82) is 0 Å². The molecule has 6 heteroatoms. The molecule has 0 unspecified atom stereocenters. The van der Waals surface area contributed by atoms with Gasteiger partial charge in [-0.1, -0.05) is 18.2 Å². The highest BCUT2D eigenvalue weighted by Gasteiger charge is 2.18. The van der Waals surface area contributed by atoms with Crippen LogP contribution in [0.5, 0.6) is 0 Å². The SMILES string of the molecule is Cc1c(CN(CCCl)CCCl)c(=O)n(-c2ccccc2)n1C. The van der Waals surface area contributed by atoms with Crippen LogP contribution in [0.15, 0.2) is 35.1 Å². The molecular weight excluding hydrogens is 321 g/mol. The van der Waals surface area contributed by atoms with Gasteiger partial charge in [-0.15, -0.1) is 23.2 Å². The molecule has 4 nitrogen and oxygen atoms in total. The van der Waals surface area contributed by atoms with Crippen LogP contribution in [-0.2, 0) is 13.6 Å². The fourth-order valence-electron chi connectivity index (χ4n) is 2.54. The van der Waals surface area contributed by atoms with Crippen LogP contribution in [0.2, 0.25) is 0 Å². The van der Waals surface area contributed by atoms with Crippen LogP contribution in [0, 0.1) is 6.92 Å². The number of aromatic nitrogens is 2. The molecule has 2 aromatic rings. The lowest BCUT2D eigenvalue weighted by molar-refractivity contribution is 0.298. The zero-order chi connectivity index (χ0) is 16.1. The van der Waals surface area contributed by atoms with Crippen molar-refractivity contribution in [2.24, 2.45) is 7.05 Å². The average Bonchev–Trinajstić information content (AvgIpc) is 2.72. The van der Waals surface area contributed by atoms with Gasteiger partial charge < -0.3 is 0 Å². The van der Waals surface area contributed by atoms with Gasteiger partial charge in [-0.05, 0) is 19.1 Å². The number of rotatable bonds is 7. The van der Waals surface area contributed by atoms with E-state index in [9.17, 15) is 4.79 Å². The van der Waals surface area contributed by atoms with Crippen LogP contribution in [0.4, 0.5) is 0 Å². The molecule has 0 aliphatic heterocycles. The van der Waals surface area contributed by atoms with Gasteiger partial charge >= 0.3 is 0 Å². The van der Waals surface area contributed by atoms with Gasteiger partial charge in [0.25, 0.3) is 5.56 Å². The summed E-state index contributed by atoms with van der Waals surface area (Å²) in [7, 11) is 1.90. The molecule has 0 fully saturated rings. The van der Waals surface area contributed by atoms with E-state index in [2.05, 4.69) is 4.90 Å². The molecule has 0 saturated carbocycles. The van der Waals surface area contributed by atoms with E-state index < -0.39 is 0 Å². The first-order valence-corrected chi connectivity index (χ1v) is 8.34. The van der Waals surface area contributed by atoms with Crippen molar-refractivity contribution >= 4 is 23.2 Å². The molecule has 1 heterocycles. The van der Waals surface area contributed by atoms with Crippen molar-refractivity contribution in [2.45, 2.75) is 13.5 Å². The Morgan fingerprint density at radius 2 is 1.68 bits per heavy atom. The van der Waals surface area contributed by atoms with Crippen molar-refractivity contribution < 1.29 is 0 Å². The fraction of sp³-hybridized carbons (Fsp3) is 0.438. The predicted molar refractivity (Wildman–Crippen MR) is 92.5 cm³/mol. The fourth-order valence-corrected chi connectivity index (χ4v) is 3.02. The van der Waals surface area contributed by atoms with E-state index in [0.29, 0.717) is 31.4 Å². The summed E-state index contributed by atoms with van der Waals surface area (Å²) >= 11 is 11.7. The number of hydrogen-bond donors (Lipinski definition) is 0. The molecule has 22 heavy (non-hydrogen) atoms. The highest BCUT2D eigenvalue weighted by atomic mass is 35.5. The molecule has 0 N–H and O–H groups in total. The minimum atomic E-state index is 0.0142. The number of para-hydroxylation sites is 1. The average molecular weight is 342 g/mol. The molecule has 0 bridgehead atoms. The van der Waals surface area contributed by atoms with Crippen LogP contribution >= 0.6 is 23.2 Å². The Morgan fingerprint density at radius 1 is 1.09 bits per heavy atom. The molecule has 0 aliphatic carbocycles. The maximum Gasteiger partial charge on any atom is 0.276 e. The van der Waals surface area contributed by atoms with E-state index in [1.165, 1.54) is 0 Å². The molecule has 0 spiro atoms. The van der Waals surface area contributed by atoms with Gasteiger partial charge in [0.15, 0.2) is 0 Å². The molecule has 1 aromatic carbocycles. The Balaban J connectivity index is 2.40. The molecule has 0 atom stereocenters. The van der Waals surface area contributed by atoms with Crippen LogP contribution in [0.1, 0.15) is 11.3 Å². The lowest BCUT2D eigenvalue weighted by Gasteiger charge is -2.19. The Bertz CT molecular complexity index is 658. The van der Waals surface area contributed by atoms with Crippen LogP contribution in [0.25, 0.3) is 5.69 Å². The highest BCUT2D eigenvalue weighted by molar-refractivity contribution is 6.18. The monoisotopic (exact) mass is 341 g/mol. The summed E-state index contributed by atoms with van der Waals surface area (Å²) in [4.78, 5) is 14.9. The molecule has 0 aliphatic rings. The first-order chi connectivity index (χ1) is 10.6. The van der Waals surface area contributed by atoms with Gasteiger partial charge in [0.1, 0.15) is 0 Å². The first kappa shape index (κ1) is 17.1. The third-order valence-electron chi connectivity index (χ3n) is 3.86. The van der Waals surface area contributed by atoms with Crippen molar-refractivity contribution in [3.63, 3.8) is 0 Å². The van der Waals surface area contributed by atoms with E-state index in [1.807, 2.05) is 49.0 Å². The molecule has 120 valence electrons. The maximum atomic E-state index is 12.8. The maximum absolute atomic E-state index is 12.8. The third-order valence-corrected chi connectivity index (χ3v) is 4.19. The van der Waals surface area contributed by atoms with Gasteiger partial charge in [-0.3, -0.25) is 14.4 Å². The van der Waals surface area contributed by atoms with Gasteiger partial charge in [-0.25, -0.2) is 4.68 Å². The van der Waals surface area contributed by atoms with Crippen LogP contribution in [0.3, 0.4) is 0 Å². The molecule has 0 amide bonds. The van der Waals surface area contributed by atoms with Crippen molar-refractivity contribution in [3.05, 3.63) is 51.9 Å². The number of hydrogen-bond acceptors (Lipinski definition) is 2. The lowest BCUT2D eigenvalue weighted by atomic mass is 10.2. The second-order valence-electron chi connectivity index (χ2n) is 5.19. The van der Waals surface area contributed by atoms with Gasteiger partial charge in [0, 0.05) is 44.1 Å². The summed E-state index contributed by atoms with van der Waals surface area (Å²) in [5.74, 6) is 1.05. The minimum Gasteiger partial charge on any atom is -0.296 e. The van der Waals surface area contributed by atoms with Crippen LogP contribution < -0.4 is 5.56 Å². The number of benzene rings is 1. The molecule has 2 rings (SSSR count). The summed E-state index contributed by atoms with van der Waals surface area (Å²) in [6, 6.07) is 9.65. The summed E-state index contributed by atoms with van der Waals surface area (Å²) < 4.78 is 3.59. The smallest absolute Gasteiger partial charge is 0.276 e. The minimum absolute atomic E-state index is 0.0142. The topological polar surface area (TPSA) is 30.2 Å². The first-order valence-electron chi connectivity index (χ1n) is 7.27. The zero-order valence-electron chi connectivity index (χ0n) is 12.9. The van der Waals surface area contributed by atoms with E-state index >= 15 is 0 Å². The Hall–Kier alpha value is -1.23. The Labute approximate surface area is 140 Å². The van der Waals surface area contributed by atoms with Crippen molar-refractivity contribution in [1.82, 2.24) is 14.3 Å². The molecular formula is C16H21Cl2N3O. The lowest BCUT2D eigenvalue weighted by Crippen LogP contribution is -2.30. The van der Waals surface area contributed by atoms with E-state index in [-0.39, 0.29) is 5.56 Å². The van der Waals surface area contributed by atoms with Crippen molar-refractivity contribution in [2.75, 3.05) is 24.8 Å². The van der Waals surface area contributed by atoms with Gasteiger partial charge in [0.2, 0.25) is 0 Å². The number of halogens is 2. The molecule has 0 saturated heterocycles. The standard InChI is InChI=1S/C16H21Cl2N3O/c1-13-15(12-20(10-8-17)11-9-18)16(22)21(19(13)2)14-6-4-3-5-7-14/h3-7H,8-12H2,1-2H3. The van der Waals surface area contributed by atoms with E-state index in [4.69, 9.17) is 23.2 Å². The van der Waals surface area contributed by atoms with Crippen LogP contribution in [-0.4, -0.2) is 39.1 Å². The molecule has 0 radical (unpaired) electrons.